The molecule has 0 heterocycles. The van der Waals surface area contributed by atoms with Gasteiger partial charge in [-0.15, -0.1) is 0 Å². The lowest BCUT2D eigenvalue weighted by Gasteiger charge is -2.31. The number of benzene rings is 2. The van der Waals surface area contributed by atoms with Crippen LogP contribution in [-0.4, -0.2) is 50.5 Å². The Morgan fingerprint density at radius 3 is 2.14 bits per heavy atom. The lowest BCUT2D eigenvalue weighted by Crippen LogP contribution is -2.49. The summed E-state index contributed by atoms with van der Waals surface area (Å²) in [7, 11) is -3.53. The maximum Gasteiger partial charge on any atom is 0.242 e. The fourth-order valence-corrected chi connectivity index (χ4v) is 5.17. The molecule has 1 unspecified atom stereocenters. The summed E-state index contributed by atoms with van der Waals surface area (Å²) in [5, 5.41) is 3.40. The van der Waals surface area contributed by atoms with Crippen LogP contribution in [0, 0.1) is 13.8 Å². The van der Waals surface area contributed by atoms with Gasteiger partial charge in [-0.1, -0.05) is 36.7 Å². The molecule has 2 aromatic carbocycles. The molecule has 192 valence electrons. The van der Waals surface area contributed by atoms with Crippen molar-refractivity contribution in [2.75, 3.05) is 23.7 Å². The summed E-state index contributed by atoms with van der Waals surface area (Å²) in [4.78, 5) is 27.6. The zero-order valence-corrected chi connectivity index (χ0v) is 22.7. The smallest absolute Gasteiger partial charge is 0.242 e. The average Bonchev–Trinajstić information content (AvgIpc) is 2.76. The van der Waals surface area contributed by atoms with Crippen LogP contribution in [0.1, 0.15) is 49.8 Å². The molecule has 2 aromatic rings. The minimum absolute atomic E-state index is 0.111. The summed E-state index contributed by atoms with van der Waals surface area (Å²) < 4.78 is 26.4. The molecule has 9 heteroatoms. The van der Waals surface area contributed by atoms with Crippen LogP contribution < -0.4 is 9.62 Å². The van der Waals surface area contributed by atoms with E-state index in [1.807, 2.05) is 58.0 Å². The summed E-state index contributed by atoms with van der Waals surface area (Å²) in [5.74, 6) is -0.405. The molecule has 2 amide bonds. The van der Waals surface area contributed by atoms with Crippen LogP contribution in [0.25, 0.3) is 0 Å². The van der Waals surface area contributed by atoms with Gasteiger partial charge in [-0.05, 0) is 74.6 Å². The number of likely N-dealkylation sites (N-methyl/N-ethyl adjacent to an activating group) is 1. The number of sulfonamides is 1. The van der Waals surface area contributed by atoms with E-state index in [9.17, 15) is 18.0 Å². The summed E-state index contributed by atoms with van der Waals surface area (Å²) in [6, 6.07) is 12.2. The third kappa shape index (κ3) is 8.54. The van der Waals surface area contributed by atoms with Crippen molar-refractivity contribution in [3.05, 3.63) is 64.2 Å². The standard InChI is InChI=1S/C26H36ClN3O4S/c1-6-24(26(32)28-7-2)29(18-21-10-12-22(27)13-11-21)25(31)9-8-14-30(35(5,33)34)23-16-19(3)15-20(4)17-23/h10-13,15-17,24H,6-9,14,18H2,1-5H3,(H,28,32). The Balaban J connectivity index is 2.22. The predicted octanol–water partition coefficient (Wildman–Crippen LogP) is 4.45. The van der Waals surface area contributed by atoms with Crippen LogP contribution in [0.5, 0.6) is 0 Å². The van der Waals surface area contributed by atoms with Crippen molar-refractivity contribution in [3.63, 3.8) is 0 Å². The lowest BCUT2D eigenvalue weighted by atomic mass is 10.1. The fourth-order valence-electron chi connectivity index (χ4n) is 4.10. The highest BCUT2D eigenvalue weighted by molar-refractivity contribution is 7.92. The fraction of sp³-hybridized carbons (Fsp3) is 0.462. The first kappa shape index (κ1) is 28.7. The van der Waals surface area contributed by atoms with Crippen LogP contribution in [0.3, 0.4) is 0 Å². The number of nitrogens with zero attached hydrogens (tertiary/aromatic N) is 2. The van der Waals surface area contributed by atoms with E-state index in [0.29, 0.717) is 30.1 Å². The second kappa shape index (κ2) is 12.9. The molecule has 0 saturated carbocycles. The Hall–Kier alpha value is -2.58. The Bertz CT molecular complexity index is 1100. The van der Waals surface area contributed by atoms with E-state index in [2.05, 4.69) is 5.32 Å². The molecule has 7 nitrogen and oxygen atoms in total. The zero-order valence-electron chi connectivity index (χ0n) is 21.2. The first-order chi connectivity index (χ1) is 16.5. The highest BCUT2D eigenvalue weighted by atomic mass is 35.5. The van der Waals surface area contributed by atoms with Crippen LogP contribution in [0.4, 0.5) is 5.69 Å². The molecule has 0 saturated heterocycles. The van der Waals surface area contributed by atoms with Gasteiger partial charge in [-0.3, -0.25) is 13.9 Å². The SMILES string of the molecule is CCNC(=O)C(CC)N(Cc1ccc(Cl)cc1)C(=O)CCCN(c1cc(C)cc(C)c1)S(C)(=O)=O. The largest absolute Gasteiger partial charge is 0.355 e. The molecule has 35 heavy (non-hydrogen) atoms. The number of halogens is 1. The third-order valence-electron chi connectivity index (χ3n) is 5.65. The number of nitrogens with one attached hydrogen (secondary N) is 1. The van der Waals surface area contributed by atoms with Crippen LogP contribution >= 0.6 is 11.6 Å². The van der Waals surface area contributed by atoms with Crippen LogP contribution in [0.15, 0.2) is 42.5 Å². The van der Waals surface area contributed by atoms with Crippen LogP contribution in [0.2, 0.25) is 5.02 Å². The van der Waals surface area contributed by atoms with Crippen molar-refractivity contribution < 1.29 is 18.0 Å². The Morgan fingerprint density at radius 2 is 1.63 bits per heavy atom. The summed E-state index contributed by atoms with van der Waals surface area (Å²) in [6.45, 7) is 8.44. The number of hydrogen-bond acceptors (Lipinski definition) is 4. The van der Waals surface area contributed by atoms with Crippen molar-refractivity contribution in [2.24, 2.45) is 0 Å². The summed E-state index contributed by atoms with van der Waals surface area (Å²) in [5.41, 5.74) is 3.38. The minimum Gasteiger partial charge on any atom is -0.355 e. The molecule has 0 radical (unpaired) electrons. The maximum atomic E-state index is 13.4. The van der Waals surface area contributed by atoms with Crippen molar-refractivity contribution >= 4 is 39.1 Å². The molecule has 0 aliphatic rings. The third-order valence-corrected chi connectivity index (χ3v) is 7.10. The Labute approximate surface area is 214 Å². The number of rotatable bonds is 12. The van der Waals surface area contributed by atoms with Gasteiger partial charge in [-0.25, -0.2) is 8.42 Å². The van der Waals surface area contributed by atoms with E-state index in [1.165, 1.54) is 10.6 Å². The topological polar surface area (TPSA) is 86.8 Å². The number of carbonyl (C=O) groups excluding carboxylic acids is 2. The number of anilines is 1. The zero-order chi connectivity index (χ0) is 26.2. The van der Waals surface area contributed by atoms with Crippen molar-refractivity contribution in [2.45, 2.75) is 59.5 Å². The van der Waals surface area contributed by atoms with Gasteiger partial charge in [0, 0.05) is 31.1 Å². The van der Waals surface area contributed by atoms with Gasteiger partial charge >= 0.3 is 0 Å². The van der Waals surface area contributed by atoms with Gasteiger partial charge in [0.2, 0.25) is 21.8 Å². The Kier molecular flexibility index (Phi) is 10.6. The molecule has 1 atom stereocenters. The predicted molar refractivity (Wildman–Crippen MR) is 142 cm³/mol. The molecular weight excluding hydrogens is 486 g/mol. The van der Waals surface area contributed by atoms with Gasteiger partial charge in [-0.2, -0.15) is 0 Å². The van der Waals surface area contributed by atoms with E-state index in [4.69, 9.17) is 11.6 Å². The maximum absolute atomic E-state index is 13.4. The van der Waals surface area contributed by atoms with Gasteiger partial charge in [0.25, 0.3) is 0 Å². The van der Waals surface area contributed by atoms with E-state index in [-0.39, 0.29) is 31.3 Å². The second-order valence-corrected chi connectivity index (χ2v) is 11.1. The highest BCUT2D eigenvalue weighted by Crippen LogP contribution is 2.23. The van der Waals surface area contributed by atoms with E-state index >= 15 is 0 Å². The van der Waals surface area contributed by atoms with Gasteiger partial charge in [0.15, 0.2) is 0 Å². The molecular formula is C26H36ClN3O4S. The highest BCUT2D eigenvalue weighted by Gasteiger charge is 2.28. The summed E-state index contributed by atoms with van der Waals surface area (Å²) >= 11 is 6.00. The first-order valence-corrected chi connectivity index (χ1v) is 14.1. The quantitative estimate of drug-likeness (QED) is 0.447. The molecule has 0 aromatic heterocycles. The molecule has 1 N–H and O–H groups in total. The van der Waals surface area contributed by atoms with E-state index in [0.717, 1.165) is 16.7 Å². The summed E-state index contributed by atoms with van der Waals surface area (Å²) in [6.07, 6.45) is 2.06. The average molecular weight is 522 g/mol. The van der Waals surface area contributed by atoms with Crippen molar-refractivity contribution in [1.82, 2.24) is 10.2 Å². The molecule has 0 bridgehead atoms. The number of carbonyl (C=O) groups is 2. The normalized spacial score (nSPS) is 12.2. The van der Waals surface area contributed by atoms with Crippen molar-refractivity contribution in [1.29, 1.82) is 0 Å². The van der Waals surface area contributed by atoms with Gasteiger partial charge < -0.3 is 10.2 Å². The number of hydrogen-bond donors (Lipinski definition) is 1. The molecule has 0 fully saturated rings. The van der Waals surface area contributed by atoms with Gasteiger partial charge in [0.1, 0.15) is 6.04 Å². The number of aryl methyl sites for hydroxylation is 2. The minimum atomic E-state index is -3.53. The van der Waals surface area contributed by atoms with E-state index in [1.54, 1.807) is 17.0 Å². The van der Waals surface area contributed by atoms with Crippen molar-refractivity contribution in [3.8, 4) is 0 Å². The first-order valence-electron chi connectivity index (χ1n) is 11.8. The molecule has 0 aliphatic carbocycles. The van der Waals surface area contributed by atoms with E-state index < -0.39 is 16.1 Å². The van der Waals surface area contributed by atoms with Crippen LogP contribution in [-0.2, 0) is 26.2 Å². The van der Waals surface area contributed by atoms with Gasteiger partial charge in [0.05, 0.1) is 11.9 Å². The molecule has 2 rings (SSSR count). The number of amides is 2. The Morgan fingerprint density at radius 1 is 1.03 bits per heavy atom. The molecule has 0 spiro atoms. The molecule has 0 aliphatic heterocycles. The lowest BCUT2D eigenvalue weighted by molar-refractivity contribution is -0.141. The second-order valence-electron chi connectivity index (χ2n) is 8.75. The monoisotopic (exact) mass is 521 g/mol.